The predicted molar refractivity (Wildman–Crippen MR) is 136 cm³/mol. The third kappa shape index (κ3) is 6.31. The zero-order chi connectivity index (χ0) is 27.9. The molecule has 4 aliphatic carbocycles. The Labute approximate surface area is 228 Å². The first-order chi connectivity index (χ1) is 18.4. The summed E-state index contributed by atoms with van der Waals surface area (Å²) in [5.74, 6) is -6.25. The molecule has 0 aromatic heterocycles. The summed E-state index contributed by atoms with van der Waals surface area (Å²) in [4.78, 5) is 23.5. The fraction of sp³-hybridized carbons (Fsp3) is 0.714. The van der Waals surface area contributed by atoms with Crippen LogP contribution in [0.25, 0.3) is 0 Å². The molecule has 7 rings (SSSR count). The first kappa shape index (κ1) is 28.8. The first-order valence-electron chi connectivity index (χ1n) is 13.5. The zero-order valence-electron chi connectivity index (χ0n) is 22.0. The summed E-state index contributed by atoms with van der Waals surface area (Å²) < 4.78 is 74.8. The Morgan fingerprint density at radius 2 is 1.59 bits per heavy atom. The zero-order valence-corrected chi connectivity index (χ0v) is 22.8. The fourth-order valence-corrected chi connectivity index (χ4v) is 8.59. The number of esters is 1. The highest BCUT2D eigenvalue weighted by Gasteiger charge is 2.67. The van der Waals surface area contributed by atoms with Gasteiger partial charge in [0.2, 0.25) is 5.78 Å². The fourth-order valence-electron chi connectivity index (χ4n) is 6.85. The van der Waals surface area contributed by atoms with Gasteiger partial charge in [-0.2, -0.15) is 8.78 Å². The minimum absolute atomic E-state index is 0.210. The highest BCUT2D eigenvalue weighted by molar-refractivity contribution is 7.97. The van der Waals surface area contributed by atoms with Gasteiger partial charge in [-0.15, -0.1) is 0 Å². The Bertz CT molecular complexity index is 1010. The van der Waals surface area contributed by atoms with Crippen molar-refractivity contribution in [2.45, 2.75) is 62.3 Å². The largest absolute Gasteiger partial charge is 0.455 e. The lowest BCUT2D eigenvalue weighted by molar-refractivity contribution is -0.405. The van der Waals surface area contributed by atoms with Crippen LogP contribution < -0.4 is 0 Å². The van der Waals surface area contributed by atoms with Gasteiger partial charge in [0, 0.05) is 35.2 Å². The molecule has 2 unspecified atom stereocenters. The lowest BCUT2D eigenvalue weighted by Gasteiger charge is -2.64. The standard InChI is InChI=1S/C16H20F4O4.C12H15O2S/c1-13(17,18)12(21)24-14-4-9-2-10(5-14)16(11(3-9)6-14)22-7-15(19,20)8-23-16;13-12(11-4-2-1-3-5-11)10-15-8-6-14-7-9-15/h9-11H,2-8H2,1H3;1-5H,6-10H2/q;+1. The number of ketones is 1. The molecule has 6 nitrogen and oxygen atoms in total. The van der Waals surface area contributed by atoms with E-state index < -0.39 is 42.4 Å². The number of hydrogen-bond donors (Lipinski definition) is 0. The molecule has 1 spiro atoms. The Hall–Kier alpha value is -1.69. The van der Waals surface area contributed by atoms with Crippen LogP contribution in [0.5, 0.6) is 0 Å². The maximum absolute atomic E-state index is 13.4. The van der Waals surface area contributed by atoms with Crippen LogP contribution in [0.3, 0.4) is 0 Å². The number of carbonyl (C=O) groups is 2. The second-order valence-electron chi connectivity index (χ2n) is 11.5. The maximum Gasteiger partial charge on any atom is 0.377 e. The van der Waals surface area contributed by atoms with E-state index in [1.54, 1.807) is 0 Å². The number of Topliss-reactive ketones (excluding diaryl/α,β-unsaturated/α-hetero) is 1. The number of halogens is 4. The number of alkyl halides is 4. The van der Waals surface area contributed by atoms with Crippen molar-refractivity contribution in [3.8, 4) is 0 Å². The van der Waals surface area contributed by atoms with Crippen molar-refractivity contribution < 1.29 is 46.1 Å². The quantitative estimate of drug-likeness (QED) is 0.220. The van der Waals surface area contributed by atoms with E-state index in [0.29, 0.717) is 31.9 Å². The average molecular weight is 576 g/mol. The highest BCUT2D eigenvalue weighted by Crippen LogP contribution is 2.63. The molecule has 2 atom stereocenters. The maximum atomic E-state index is 13.4. The second kappa shape index (κ2) is 10.9. The lowest BCUT2D eigenvalue weighted by atomic mass is 9.51. The molecule has 1 aromatic carbocycles. The average Bonchev–Trinajstić information content (AvgIpc) is 2.88. The van der Waals surface area contributed by atoms with Crippen molar-refractivity contribution in [1.82, 2.24) is 0 Å². The van der Waals surface area contributed by atoms with Crippen LogP contribution >= 0.6 is 0 Å². The van der Waals surface area contributed by atoms with Crippen LogP contribution in [0.4, 0.5) is 17.6 Å². The molecule has 6 fully saturated rings. The number of benzene rings is 1. The Balaban J connectivity index is 0.000000177. The van der Waals surface area contributed by atoms with Gasteiger partial charge >= 0.3 is 11.9 Å². The second-order valence-corrected chi connectivity index (χ2v) is 13.9. The van der Waals surface area contributed by atoms with Crippen molar-refractivity contribution >= 4 is 22.6 Å². The van der Waals surface area contributed by atoms with Crippen molar-refractivity contribution in [3.63, 3.8) is 0 Å². The lowest BCUT2D eigenvalue weighted by Crippen LogP contribution is -2.69. The van der Waals surface area contributed by atoms with Crippen molar-refractivity contribution in [3.05, 3.63) is 35.9 Å². The van der Waals surface area contributed by atoms with E-state index in [9.17, 15) is 27.2 Å². The minimum atomic E-state index is -3.54. The molecule has 0 amide bonds. The highest BCUT2D eigenvalue weighted by atomic mass is 32.2. The van der Waals surface area contributed by atoms with E-state index in [1.165, 1.54) is 0 Å². The molecule has 1 aromatic rings. The molecule has 4 bridgehead atoms. The number of rotatable bonds is 5. The molecule has 2 aliphatic heterocycles. The molecule has 0 N–H and O–H groups in total. The number of carbonyl (C=O) groups excluding carboxylic acids is 2. The van der Waals surface area contributed by atoms with E-state index in [0.717, 1.165) is 43.1 Å². The molecule has 6 aliphatic rings. The van der Waals surface area contributed by atoms with Crippen molar-refractivity contribution in [1.29, 1.82) is 0 Å². The SMILES string of the molecule is CC(F)(F)C(=O)OC12CC3CC(C1)C1(OCC(F)(F)CO1)C(C3)C2.O=C(C[S+]1CCOCC1)c1ccccc1. The van der Waals surface area contributed by atoms with Gasteiger partial charge in [-0.1, -0.05) is 30.3 Å². The first-order valence-corrected chi connectivity index (χ1v) is 15.2. The smallest absolute Gasteiger partial charge is 0.377 e. The topological polar surface area (TPSA) is 71.1 Å². The molecule has 0 radical (unpaired) electrons. The van der Waals surface area contributed by atoms with Gasteiger partial charge in [-0.3, -0.25) is 4.79 Å². The van der Waals surface area contributed by atoms with E-state index in [4.69, 9.17) is 18.9 Å². The van der Waals surface area contributed by atoms with Gasteiger partial charge in [0.25, 0.3) is 5.92 Å². The van der Waals surface area contributed by atoms with E-state index in [-0.39, 0.29) is 34.4 Å². The van der Waals surface area contributed by atoms with Crippen molar-refractivity contribution in [2.75, 3.05) is 43.7 Å². The molecule has 39 heavy (non-hydrogen) atoms. The Morgan fingerprint density at radius 1 is 1.00 bits per heavy atom. The molecular weight excluding hydrogens is 540 g/mol. The predicted octanol–water partition coefficient (Wildman–Crippen LogP) is 4.66. The van der Waals surface area contributed by atoms with Gasteiger partial charge in [0.05, 0.1) is 13.2 Å². The van der Waals surface area contributed by atoms with Gasteiger partial charge < -0.3 is 18.9 Å². The normalized spacial score (nSPS) is 32.8. The van der Waals surface area contributed by atoms with Crippen LogP contribution in [0.2, 0.25) is 0 Å². The summed E-state index contributed by atoms with van der Waals surface area (Å²) in [7, 11) is 0.250. The Kier molecular flexibility index (Phi) is 8.09. The van der Waals surface area contributed by atoms with Crippen LogP contribution in [-0.2, 0) is 34.6 Å². The van der Waals surface area contributed by atoms with E-state index >= 15 is 0 Å². The van der Waals surface area contributed by atoms with Gasteiger partial charge in [-0.05, 0) is 38.0 Å². The summed E-state index contributed by atoms with van der Waals surface area (Å²) >= 11 is 0. The number of ether oxygens (including phenoxy) is 4. The van der Waals surface area contributed by atoms with Crippen molar-refractivity contribution in [2.24, 2.45) is 17.8 Å². The third-order valence-electron chi connectivity index (χ3n) is 8.42. The van der Waals surface area contributed by atoms with Crippen LogP contribution in [0, 0.1) is 17.8 Å². The summed E-state index contributed by atoms with van der Waals surface area (Å²) in [6.45, 7) is 0.790. The monoisotopic (exact) mass is 575 g/mol. The molecule has 4 saturated carbocycles. The number of hydrogen-bond acceptors (Lipinski definition) is 6. The summed E-state index contributed by atoms with van der Waals surface area (Å²) in [5.41, 5.74) is -0.0956. The summed E-state index contributed by atoms with van der Waals surface area (Å²) in [6, 6.07) is 9.56. The Morgan fingerprint density at radius 3 is 2.15 bits per heavy atom. The molecule has 11 heteroatoms. The van der Waals surface area contributed by atoms with Gasteiger partial charge in [0.15, 0.2) is 11.5 Å². The van der Waals surface area contributed by atoms with E-state index in [2.05, 4.69) is 0 Å². The van der Waals surface area contributed by atoms with Crippen LogP contribution in [0.15, 0.2) is 30.3 Å². The molecule has 2 saturated heterocycles. The van der Waals surface area contributed by atoms with Gasteiger partial charge in [-0.25, -0.2) is 13.6 Å². The molecule has 2 heterocycles. The summed E-state index contributed by atoms with van der Waals surface area (Å²) in [6.07, 6.45) is 2.66. The summed E-state index contributed by atoms with van der Waals surface area (Å²) in [5, 5.41) is 0. The molecule has 216 valence electrons. The minimum Gasteiger partial charge on any atom is -0.455 e. The van der Waals surface area contributed by atoms with Crippen LogP contribution in [0.1, 0.15) is 49.4 Å². The van der Waals surface area contributed by atoms with Crippen LogP contribution in [-0.4, -0.2) is 78.7 Å². The van der Waals surface area contributed by atoms with Gasteiger partial charge in [0.1, 0.15) is 30.3 Å². The molecular formula is C28H35F4O6S+. The third-order valence-corrected chi connectivity index (χ3v) is 10.6. The van der Waals surface area contributed by atoms with E-state index in [1.807, 2.05) is 30.3 Å².